The van der Waals surface area contributed by atoms with Crippen LogP contribution < -0.4 is 0 Å². The molecule has 0 aliphatic rings. The van der Waals surface area contributed by atoms with Gasteiger partial charge in [0.2, 0.25) is 5.75 Å². The standard InChI is InChI=1S/C15H13ClN2O3/c1-9-3-4-10(2)13(5-9)17-8-11-6-12(16)7-14(15(11)19)18(20)21/h3-8,19H,1-2H3. The lowest BCUT2D eigenvalue weighted by atomic mass is 10.1. The van der Waals surface area contributed by atoms with Gasteiger partial charge >= 0.3 is 5.69 Å². The van der Waals surface area contributed by atoms with Gasteiger partial charge in [-0.05, 0) is 37.1 Å². The van der Waals surface area contributed by atoms with Gasteiger partial charge in [-0.1, -0.05) is 23.7 Å². The fourth-order valence-electron chi connectivity index (χ4n) is 1.84. The topological polar surface area (TPSA) is 75.7 Å². The number of nitrogens with zero attached hydrogens (tertiary/aromatic N) is 2. The Balaban J connectivity index is 2.46. The van der Waals surface area contributed by atoms with E-state index >= 15 is 0 Å². The maximum Gasteiger partial charge on any atom is 0.312 e. The van der Waals surface area contributed by atoms with Crippen molar-refractivity contribution in [3.63, 3.8) is 0 Å². The van der Waals surface area contributed by atoms with Crippen molar-refractivity contribution < 1.29 is 10.0 Å². The third-order valence-electron chi connectivity index (χ3n) is 2.99. The van der Waals surface area contributed by atoms with E-state index in [1.165, 1.54) is 12.3 Å². The molecule has 0 saturated heterocycles. The van der Waals surface area contributed by atoms with Crippen LogP contribution in [0, 0.1) is 24.0 Å². The molecule has 0 bridgehead atoms. The molecule has 0 fully saturated rings. The van der Waals surface area contributed by atoms with Gasteiger partial charge in [-0.15, -0.1) is 0 Å². The Kier molecular flexibility index (Phi) is 4.23. The molecule has 0 aliphatic heterocycles. The van der Waals surface area contributed by atoms with Crippen LogP contribution in [0.1, 0.15) is 16.7 Å². The molecule has 2 aromatic carbocycles. The van der Waals surface area contributed by atoms with Crippen LogP contribution in [0.2, 0.25) is 5.02 Å². The minimum absolute atomic E-state index is 0.168. The molecule has 0 amide bonds. The summed E-state index contributed by atoms with van der Waals surface area (Å²) in [4.78, 5) is 14.4. The van der Waals surface area contributed by atoms with Gasteiger partial charge in [0, 0.05) is 22.9 Å². The maximum absolute atomic E-state index is 10.8. The third-order valence-corrected chi connectivity index (χ3v) is 3.21. The average molecular weight is 305 g/mol. The van der Waals surface area contributed by atoms with Gasteiger partial charge in [0.05, 0.1) is 10.6 Å². The Hall–Kier alpha value is -2.40. The fraction of sp³-hybridized carbons (Fsp3) is 0.133. The van der Waals surface area contributed by atoms with Crippen LogP contribution in [-0.4, -0.2) is 16.2 Å². The molecular formula is C15H13ClN2O3. The molecule has 2 rings (SSSR count). The van der Waals surface area contributed by atoms with Gasteiger partial charge in [0.15, 0.2) is 0 Å². The maximum atomic E-state index is 10.8. The van der Waals surface area contributed by atoms with Crippen molar-refractivity contribution in [2.75, 3.05) is 0 Å². The van der Waals surface area contributed by atoms with E-state index in [1.807, 2.05) is 32.0 Å². The zero-order chi connectivity index (χ0) is 15.6. The van der Waals surface area contributed by atoms with Crippen molar-refractivity contribution in [3.05, 3.63) is 62.2 Å². The highest BCUT2D eigenvalue weighted by molar-refractivity contribution is 6.31. The van der Waals surface area contributed by atoms with E-state index in [1.54, 1.807) is 0 Å². The number of nitro benzene ring substituents is 1. The molecule has 21 heavy (non-hydrogen) atoms. The molecule has 108 valence electrons. The van der Waals surface area contributed by atoms with E-state index in [0.717, 1.165) is 22.9 Å². The summed E-state index contributed by atoms with van der Waals surface area (Å²) in [5.41, 5.74) is 2.51. The highest BCUT2D eigenvalue weighted by atomic mass is 35.5. The van der Waals surface area contributed by atoms with Gasteiger partial charge in [0.25, 0.3) is 0 Å². The molecule has 0 unspecified atom stereocenters. The van der Waals surface area contributed by atoms with Crippen molar-refractivity contribution in [2.24, 2.45) is 4.99 Å². The number of hydrogen-bond donors (Lipinski definition) is 1. The van der Waals surface area contributed by atoms with Crippen LogP contribution in [0.5, 0.6) is 5.75 Å². The van der Waals surface area contributed by atoms with E-state index < -0.39 is 16.4 Å². The summed E-state index contributed by atoms with van der Waals surface area (Å²) in [6.45, 7) is 3.85. The average Bonchev–Trinajstić information content (AvgIpc) is 2.42. The molecule has 0 spiro atoms. The van der Waals surface area contributed by atoms with Crippen LogP contribution in [0.15, 0.2) is 35.3 Å². The van der Waals surface area contributed by atoms with E-state index in [-0.39, 0.29) is 10.6 Å². The highest BCUT2D eigenvalue weighted by Gasteiger charge is 2.17. The molecule has 0 heterocycles. The number of benzene rings is 2. The van der Waals surface area contributed by atoms with Crippen LogP contribution in [0.4, 0.5) is 11.4 Å². The summed E-state index contributed by atoms with van der Waals surface area (Å²) in [6, 6.07) is 8.32. The van der Waals surface area contributed by atoms with Gasteiger partial charge in [-0.25, -0.2) is 0 Å². The van der Waals surface area contributed by atoms with Crippen LogP contribution in [0.25, 0.3) is 0 Å². The minimum atomic E-state index is -0.684. The first-order valence-electron chi connectivity index (χ1n) is 6.16. The van der Waals surface area contributed by atoms with Crippen molar-refractivity contribution in [1.29, 1.82) is 0 Å². The summed E-state index contributed by atoms with van der Waals surface area (Å²) in [6.07, 6.45) is 1.37. The second-order valence-electron chi connectivity index (χ2n) is 4.67. The van der Waals surface area contributed by atoms with E-state index in [2.05, 4.69) is 4.99 Å². The Morgan fingerprint density at radius 1 is 1.29 bits per heavy atom. The van der Waals surface area contributed by atoms with Crippen molar-refractivity contribution in [1.82, 2.24) is 0 Å². The van der Waals surface area contributed by atoms with Gasteiger partial charge in [-0.3, -0.25) is 15.1 Å². The number of phenolic OH excluding ortho intramolecular Hbond substituents is 1. The Morgan fingerprint density at radius 2 is 2.00 bits per heavy atom. The Labute approximate surface area is 126 Å². The van der Waals surface area contributed by atoms with Crippen LogP contribution >= 0.6 is 11.6 Å². The number of phenols is 1. The summed E-state index contributed by atoms with van der Waals surface area (Å²) in [5.74, 6) is -0.446. The number of rotatable bonds is 3. The van der Waals surface area contributed by atoms with Crippen molar-refractivity contribution in [2.45, 2.75) is 13.8 Å². The molecule has 0 aliphatic carbocycles. The van der Waals surface area contributed by atoms with Crippen LogP contribution in [-0.2, 0) is 0 Å². The summed E-state index contributed by atoms with van der Waals surface area (Å²) >= 11 is 5.83. The monoisotopic (exact) mass is 304 g/mol. The Bertz CT molecular complexity index is 742. The SMILES string of the molecule is Cc1ccc(C)c(N=Cc2cc(Cl)cc([N+](=O)[O-])c2O)c1. The molecule has 1 N–H and O–H groups in total. The lowest BCUT2D eigenvalue weighted by molar-refractivity contribution is -0.385. The van der Waals surface area contributed by atoms with E-state index in [0.29, 0.717) is 0 Å². The minimum Gasteiger partial charge on any atom is -0.502 e. The molecule has 0 saturated carbocycles. The van der Waals surface area contributed by atoms with E-state index in [4.69, 9.17) is 11.6 Å². The largest absolute Gasteiger partial charge is 0.502 e. The van der Waals surface area contributed by atoms with Gasteiger partial charge < -0.3 is 5.11 Å². The second kappa shape index (κ2) is 5.93. The van der Waals surface area contributed by atoms with E-state index in [9.17, 15) is 15.2 Å². The predicted octanol–water partition coefficient (Wildman–Crippen LogP) is 4.32. The van der Waals surface area contributed by atoms with Gasteiger partial charge in [0.1, 0.15) is 0 Å². The smallest absolute Gasteiger partial charge is 0.312 e. The summed E-state index contributed by atoms with van der Waals surface area (Å²) in [7, 11) is 0. The third kappa shape index (κ3) is 3.38. The first-order chi connectivity index (χ1) is 9.88. The number of aryl methyl sites for hydroxylation is 2. The number of halogens is 1. The fourth-order valence-corrected chi connectivity index (χ4v) is 2.06. The zero-order valence-electron chi connectivity index (χ0n) is 11.5. The second-order valence-corrected chi connectivity index (χ2v) is 5.10. The molecule has 0 atom stereocenters. The number of aromatic hydroxyl groups is 1. The molecule has 0 radical (unpaired) electrons. The quantitative estimate of drug-likeness (QED) is 0.521. The first-order valence-corrected chi connectivity index (χ1v) is 6.54. The van der Waals surface area contributed by atoms with Gasteiger partial charge in [-0.2, -0.15) is 0 Å². The Morgan fingerprint density at radius 3 is 2.67 bits per heavy atom. The summed E-state index contributed by atoms with van der Waals surface area (Å²) < 4.78 is 0. The molecule has 5 nitrogen and oxygen atoms in total. The van der Waals surface area contributed by atoms with Crippen LogP contribution in [0.3, 0.4) is 0 Å². The first kappa shape index (κ1) is 15.0. The van der Waals surface area contributed by atoms with Crippen molar-refractivity contribution >= 4 is 29.2 Å². The lowest BCUT2D eigenvalue weighted by Crippen LogP contribution is -1.92. The zero-order valence-corrected chi connectivity index (χ0v) is 12.3. The highest BCUT2D eigenvalue weighted by Crippen LogP contribution is 2.32. The predicted molar refractivity (Wildman–Crippen MR) is 82.9 cm³/mol. The van der Waals surface area contributed by atoms with Crippen molar-refractivity contribution in [3.8, 4) is 5.75 Å². The molecule has 6 heteroatoms. The number of aliphatic imine (C=N–C) groups is 1. The molecule has 2 aromatic rings. The lowest BCUT2D eigenvalue weighted by Gasteiger charge is -2.03. The number of hydrogen-bond acceptors (Lipinski definition) is 4. The normalized spacial score (nSPS) is 11.0. The molecule has 0 aromatic heterocycles. The number of nitro groups is 1. The molecular weight excluding hydrogens is 292 g/mol. The summed E-state index contributed by atoms with van der Waals surface area (Å²) in [5, 5.41) is 20.9.